The van der Waals surface area contributed by atoms with E-state index >= 15 is 0 Å². The summed E-state index contributed by atoms with van der Waals surface area (Å²) in [6.45, 7) is 4.20. The number of rotatable bonds is 11. The second-order valence-corrected chi connectivity index (χ2v) is 7.64. The van der Waals surface area contributed by atoms with Crippen molar-refractivity contribution >= 4 is 28.7 Å². The normalized spacial score (nSPS) is 11.9. The molecule has 0 saturated heterocycles. The van der Waals surface area contributed by atoms with Crippen molar-refractivity contribution in [2.45, 2.75) is 39.5 Å². The van der Waals surface area contributed by atoms with Crippen molar-refractivity contribution in [2.24, 2.45) is 5.92 Å². The molecule has 0 aliphatic rings. The molecule has 1 N–H and O–H groups in total. The number of anilines is 2. The lowest BCUT2D eigenvalue weighted by molar-refractivity contribution is -0.110. The minimum absolute atomic E-state index is 0.109. The van der Waals surface area contributed by atoms with Gasteiger partial charge in [-0.1, -0.05) is 19.8 Å². The van der Waals surface area contributed by atoms with E-state index in [2.05, 4.69) is 15.3 Å². The van der Waals surface area contributed by atoms with Gasteiger partial charge in [0, 0.05) is 23.1 Å². The van der Waals surface area contributed by atoms with E-state index in [1.807, 2.05) is 19.1 Å². The second-order valence-electron chi connectivity index (χ2n) is 7.64. The lowest BCUT2D eigenvalue weighted by Crippen LogP contribution is -2.02. The molecular weight excluding hydrogens is 397 g/mol. The molecule has 6 nitrogen and oxygen atoms in total. The summed E-state index contributed by atoms with van der Waals surface area (Å²) in [6.07, 6.45) is 6.25. The third-order valence-electron chi connectivity index (χ3n) is 5.14. The SMILES string of the molecule is COc1cc2ncnc(Nc3ccc(F)c(C)c3)c2cc1OCCCCCC(C)C=O. The molecule has 0 aliphatic carbocycles. The van der Waals surface area contributed by atoms with Crippen LogP contribution in [-0.2, 0) is 4.79 Å². The van der Waals surface area contributed by atoms with Crippen LogP contribution in [0.5, 0.6) is 11.5 Å². The van der Waals surface area contributed by atoms with Crippen molar-refractivity contribution in [3.63, 3.8) is 0 Å². The Balaban J connectivity index is 1.74. The summed E-state index contributed by atoms with van der Waals surface area (Å²) in [5.74, 6) is 1.68. The Morgan fingerprint density at radius 2 is 1.97 bits per heavy atom. The fraction of sp³-hybridized carbons (Fsp3) is 0.375. The molecule has 0 bridgehead atoms. The molecule has 1 heterocycles. The van der Waals surface area contributed by atoms with Crippen molar-refractivity contribution in [3.8, 4) is 11.5 Å². The molecule has 0 fully saturated rings. The first-order valence-corrected chi connectivity index (χ1v) is 10.5. The van der Waals surface area contributed by atoms with Crippen LogP contribution in [0.1, 0.15) is 38.2 Å². The topological polar surface area (TPSA) is 73.3 Å². The Morgan fingerprint density at radius 3 is 2.71 bits per heavy atom. The van der Waals surface area contributed by atoms with Crippen LogP contribution in [0.15, 0.2) is 36.7 Å². The number of hydrogen-bond donors (Lipinski definition) is 1. The third kappa shape index (κ3) is 5.90. The number of carbonyl (C=O) groups excluding carboxylic acids is 1. The van der Waals surface area contributed by atoms with Gasteiger partial charge in [0.1, 0.15) is 24.2 Å². The fourth-order valence-electron chi connectivity index (χ4n) is 3.29. The summed E-state index contributed by atoms with van der Waals surface area (Å²) in [7, 11) is 1.59. The summed E-state index contributed by atoms with van der Waals surface area (Å²) in [5.41, 5.74) is 2.00. The van der Waals surface area contributed by atoms with Crippen LogP contribution >= 0.6 is 0 Å². The first-order chi connectivity index (χ1) is 15.0. The maximum absolute atomic E-state index is 13.6. The highest BCUT2D eigenvalue weighted by Gasteiger charge is 2.12. The van der Waals surface area contributed by atoms with Crippen molar-refractivity contribution in [3.05, 3.63) is 48.0 Å². The van der Waals surface area contributed by atoms with Gasteiger partial charge in [-0.05, 0) is 49.6 Å². The van der Waals surface area contributed by atoms with Crippen LogP contribution in [0.2, 0.25) is 0 Å². The van der Waals surface area contributed by atoms with Gasteiger partial charge in [-0.25, -0.2) is 14.4 Å². The zero-order valence-electron chi connectivity index (χ0n) is 18.2. The number of carbonyl (C=O) groups is 1. The van der Waals surface area contributed by atoms with Gasteiger partial charge in [-0.15, -0.1) is 0 Å². The number of methoxy groups -OCH3 is 1. The first-order valence-electron chi connectivity index (χ1n) is 10.5. The van der Waals surface area contributed by atoms with Gasteiger partial charge in [0.25, 0.3) is 0 Å². The molecule has 3 rings (SSSR count). The lowest BCUT2D eigenvalue weighted by Gasteiger charge is -2.14. The predicted molar refractivity (Wildman–Crippen MR) is 120 cm³/mol. The highest BCUT2D eigenvalue weighted by molar-refractivity contribution is 5.93. The molecular formula is C24H28FN3O3. The van der Waals surface area contributed by atoms with Gasteiger partial charge in [0.15, 0.2) is 11.5 Å². The number of aryl methyl sites for hydroxylation is 1. The average molecular weight is 426 g/mol. The minimum Gasteiger partial charge on any atom is -0.493 e. The maximum Gasteiger partial charge on any atom is 0.162 e. The number of ether oxygens (including phenoxy) is 2. The molecule has 0 spiro atoms. The summed E-state index contributed by atoms with van der Waals surface area (Å²) >= 11 is 0. The van der Waals surface area contributed by atoms with E-state index in [0.29, 0.717) is 35.0 Å². The Hall–Kier alpha value is -3.22. The van der Waals surface area contributed by atoms with Crippen molar-refractivity contribution in [2.75, 3.05) is 19.0 Å². The van der Waals surface area contributed by atoms with E-state index in [9.17, 15) is 9.18 Å². The maximum atomic E-state index is 13.6. The first kappa shape index (κ1) is 22.5. The van der Waals surface area contributed by atoms with Crippen LogP contribution in [-0.4, -0.2) is 30.0 Å². The molecule has 3 aromatic rings. The second kappa shape index (κ2) is 10.7. The number of unbranched alkanes of at least 4 members (excludes halogenated alkanes) is 2. The Morgan fingerprint density at radius 1 is 1.13 bits per heavy atom. The van der Waals surface area contributed by atoms with E-state index < -0.39 is 0 Å². The van der Waals surface area contributed by atoms with E-state index in [-0.39, 0.29) is 11.7 Å². The van der Waals surface area contributed by atoms with E-state index in [1.165, 1.54) is 12.4 Å². The van der Waals surface area contributed by atoms with Gasteiger partial charge in [0.2, 0.25) is 0 Å². The van der Waals surface area contributed by atoms with Crippen molar-refractivity contribution in [1.82, 2.24) is 9.97 Å². The van der Waals surface area contributed by atoms with E-state index in [0.717, 1.165) is 43.0 Å². The Kier molecular flexibility index (Phi) is 7.76. The number of halogens is 1. The molecule has 2 aromatic carbocycles. The zero-order chi connectivity index (χ0) is 22.2. The molecule has 1 unspecified atom stereocenters. The standard InChI is InChI=1S/C24H28FN3O3/c1-16(14-29)7-5-4-6-10-31-23-12-19-21(13-22(23)30-3)26-15-27-24(19)28-18-8-9-20(25)17(2)11-18/h8-9,11-16H,4-7,10H2,1-3H3,(H,26,27,28). The average Bonchev–Trinajstić information content (AvgIpc) is 2.78. The van der Waals surface area contributed by atoms with Crippen LogP contribution in [0.25, 0.3) is 10.9 Å². The highest BCUT2D eigenvalue weighted by Crippen LogP contribution is 2.35. The number of nitrogens with one attached hydrogen (secondary N) is 1. The summed E-state index contributed by atoms with van der Waals surface area (Å²) < 4.78 is 25.0. The van der Waals surface area contributed by atoms with Gasteiger partial charge in [-0.2, -0.15) is 0 Å². The molecule has 0 amide bonds. The predicted octanol–water partition coefficient (Wildman–Crippen LogP) is 5.60. The Bertz CT molecular complexity index is 1040. The molecule has 164 valence electrons. The number of fused-ring (bicyclic) bond motifs is 1. The summed E-state index contributed by atoms with van der Waals surface area (Å²) in [5, 5.41) is 4.01. The van der Waals surface area contributed by atoms with E-state index in [4.69, 9.17) is 9.47 Å². The molecule has 0 saturated carbocycles. The fourth-order valence-corrected chi connectivity index (χ4v) is 3.29. The monoisotopic (exact) mass is 425 g/mol. The minimum atomic E-state index is -0.251. The van der Waals surface area contributed by atoms with Crippen LogP contribution in [0.4, 0.5) is 15.9 Å². The molecule has 0 radical (unpaired) electrons. The van der Waals surface area contributed by atoms with Gasteiger partial charge < -0.3 is 19.6 Å². The van der Waals surface area contributed by atoms with Gasteiger partial charge in [-0.3, -0.25) is 0 Å². The van der Waals surface area contributed by atoms with E-state index in [1.54, 1.807) is 26.2 Å². The summed E-state index contributed by atoms with van der Waals surface area (Å²) in [6, 6.07) is 8.51. The van der Waals surface area contributed by atoms with Gasteiger partial charge >= 0.3 is 0 Å². The zero-order valence-corrected chi connectivity index (χ0v) is 18.2. The molecule has 1 atom stereocenters. The number of aromatic nitrogens is 2. The summed E-state index contributed by atoms with van der Waals surface area (Å²) in [4.78, 5) is 19.4. The molecule has 0 aliphatic heterocycles. The van der Waals surface area contributed by atoms with Crippen LogP contribution in [0.3, 0.4) is 0 Å². The number of hydrogen-bond acceptors (Lipinski definition) is 6. The number of aldehydes is 1. The lowest BCUT2D eigenvalue weighted by atomic mass is 10.1. The highest BCUT2D eigenvalue weighted by atomic mass is 19.1. The van der Waals surface area contributed by atoms with Crippen molar-refractivity contribution < 1.29 is 18.7 Å². The smallest absolute Gasteiger partial charge is 0.162 e. The van der Waals surface area contributed by atoms with Crippen LogP contribution < -0.4 is 14.8 Å². The third-order valence-corrected chi connectivity index (χ3v) is 5.14. The van der Waals surface area contributed by atoms with Gasteiger partial charge in [0.05, 0.1) is 19.2 Å². The quantitative estimate of drug-likeness (QED) is 0.318. The Labute approximate surface area is 181 Å². The number of benzene rings is 2. The largest absolute Gasteiger partial charge is 0.493 e. The number of nitrogens with zero attached hydrogens (tertiary/aromatic N) is 2. The molecule has 7 heteroatoms. The van der Waals surface area contributed by atoms with Crippen molar-refractivity contribution in [1.29, 1.82) is 0 Å². The molecule has 31 heavy (non-hydrogen) atoms. The molecule has 1 aromatic heterocycles. The van der Waals surface area contributed by atoms with Crippen LogP contribution in [0, 0.1) is 18.7 Å².